The highest BCUT2D eigenvalue weighted by atomic mass is 16.5. The summed E-state index contributed by atoms with van der Waals surface area (Å²) in [5, 5.41) is 5.07. The molecule has 0 aliphatic heterocycles. The highest BCUT2D eigenvalue weighted by Crippen LogP contribution is 2.06. The summed E-state index contributed by atoms with van der Waals surface area (Å²) in [6, 6.07) is 17.5. The van der Waals surface area contributed by atoms with Crippen LogP contribution in [0.15, 0.2) is 60.7 Å². The Balaban J connectivity index is 2.02. The predicted molar refractivity (Wildman–Crippen MR) is 108 cm³/mol. The fourth-order valence-electron chi connectivity index (χ4n) is 2.60. The van der Waals surface area contributed by atoms with Crippen molar-refractivity contribution >= 4 is 18.3 Å². The lowest BCUT2D eigenvalue weighted by atomic mass is 10.1. The second-order valence-corrected chi connectivity index (χ2v) is 6.70. The summed E-state index contributed by atoms with van der Waals surface area (Å²) in [4.78, 5) is 36.1. The van der Waals surface area contributed by atoms with Crippen LogP contribution in [0.3, 0.4) is 0 Å². The number of carbonyl (C=O) groups excluding carboxylic acids is 3. The molecule has 2 N–H and O–H groups in total. The van der Waals surface area contributed by atoms with E-state index >= 15 is 0 Å². The van der Waals surface area contributed by atoms with E-state index in [0.717, 1.165) is 11.1 Å². The SMILES string of the molecule is CC(C)OC(C=O)NC(=O)[C@H](Cc1ccccc1)NC(=O)OCc1ccccc1. The molecular weight excluding hydrogens is 372 g/mol. The van der Waals surface area contributed by atoms with Crippen LogP contribution in [0.5, 0.6) is 0 Å². The van der Waals surface area contributed by atoms with Gasteiger partial charge in [0.2, 0.25) is 5.91 Å². The Morgan fingerprint density at radius 3 is 2.07 bits per heavy atom. The minimum absolute atomic E-state index is 0.0831. The first-order valence-corrected chi connectivity index (χ1v) is 9.40. The molecule has 29 heavy (non-hydrogen) atoms. The van der Waals surface area contributed by atoms with Gasteiger partial charge in [0.25, 0.3) is 0 Å². The van der Waals surface area contributed by atoms with E-state index in [4.69, 9.17) is 9.47 Å². The maximum atomic E-state index is 12.7. The smallest absolute Gasteiger partial charge is 0.408 e. The molecule has 0 saturated heterocycles. The van der Waals surface area contributed by atoms with E-state index in [1.165, 1.54) is 0 Å². The molecule has 2 rings (SSSR count). The van der Waals surface area contributed by atoms with Crippen LogP contribution in [0.1, 0.15) is 25.0 Å². The Kier molecular flexibility index (Phi) is 8.85. The lowest BCUT2D eigenvalue weighted by molar-refractivity contribution is -0.135. The summed E-state index contributed by atoms with van der Waals surface area (Å²) < 4.78 is 10.5. The average Bonchev–Trinajstić information content (AvgIpc) is 2.72. The third-order valence-corrected chi connectivity index (χ3v) is 3.93. The van der Waals surface area contributed by atoms with E-state index in [1.54, 1.807) is 13.8 Å². The molecule has 0 bridgehead atoms. The number of hydrogen-bond acceptors (Lipinski definition) is 5. The number of hydrogen-bond donors (Lipinski definition) is 2. The van der Waals surface area contributed by atoms with Crippen molar-refractivity contribution < 1.29 is 23.9 Å². The lowest BCUT2D eigenvalue weighted by Crippen LogP contribution is -2.52. The van der Waals surface area contributed by atoms with Crippen LogP contribution in [0.25, 0.3) is 0 Å². The van der Waals surface area contributed by atoms with Crippen LogP contribution >= 0.6 is 0 Å². The molecule has 2 aromatic rings. The van der Waals surface area contributed by atoms with Gasteiger partial charge in [-0.3, -0.25) is 9.59 Å². The van der Waals surface area contributed by atoms with E-state index in [1.807, 2.05) is 60.7 Å². The molecule has 0 aliphatic rings. The van der Waals surface area contributed by atoms with E-state index in [2.05, 4.69) is 10.6 Å². The fourth-order valence-corrected chi connectivity index (χ4v) is 2.60. The summed E-state index contributed by atoms with van der Waals surface area (Å²) in [5.41, 5.74) is 1.68. The Bertz CT molecular complexity index is 780. The summed E-state index contributed by atoms with van der Waals surface area (Å²) >= 11 is 0. The van der Waals surface area contributed by atoms with Gasteiger partial charge in [0.05, 0.1) is 6.10 Å². The number of aldehydes is 1. The number of carbonyl (C=O) groups is 3. The highest BCUT2D eigenvalue weighted by molar-refractivity contribution is 5.87. The van der Waals surface area contributed by atoms with Gasteiger partial charge in [-0.2, -0.15) is 0 Å². The minimum Gasteiger partial charge on any atom is -0.445 e. The van der Waals surface area contributed by atoms with E-state index < -0.39 is 24.3 Å². The zero-order valence-corrected chi connectivity index (χ0v) is 16.5. The van der Waals surface area contributed by atoms with Crippen LogP contribution in [-0.4, -0.2) is 36.7 Å². The third kappa shape index (κ3) is 8.15. The van der Waals surface area contributed by atoms with Crippen LogP contribution in [0.2, 0.25) is 0 Å². The monoisotopic (exact) mass is 398 g/mol. The van der Waals surface area contributed by atoms with Crippen molar-refractivity contribution in [3.63, 3.8) is 0 Å². The molecule has 2 aromatic carbocycles. The van der Waals surface area contributed by atoms with E-state index in [0.29, 0.717) is 6.29 Å². The molecule has 1 unspecified atom stereocenters. The maximum absolute atomic E-state index is 12.7. The zero-order valence-electron chi connectivity index (χ0n) is 16.5. The van der Waals surface area contributed by atoms with E-state index in [9.17, 15) is 14.4 Å². The molecule has 0 aliphatic carbocycles. The van der Waals surface area contributed by atoms with Gasteiger partial charge in [-0.05, 0) is 25.0 Å². The van der Waals surface area contributed by atoms with Gasteiger partial charge < -0.3 is 20.1 Å². The number of alkyl carbamates (subject to hydrolysis) is 1. The molecule has 0 aromatic heterocycles. The summed E-state index contributed by atoms with van der Waals surface area (Å²) in [7, 11) is 0. The first kappa shape index (κ1) is 22.1. The molecule has 0 saturated carbocycles. The average molecular weight is 398 g/mol. The number of amides is 2. The van der Waals surface area contributed by atoms with Crippen molar-refractivity contribution in [3.8, 4) is 0 Å². The second-order valence-electron chi connectivity index (χ2n) is 6.70. The van der Waals surface area contributed by atoms with Crippen molar-refractivity contribution in [1.29, 1.82) is 0 Å². The maximum Gasteiger partial charge on any atom is 0.408 e. The standard InChI is InChI=1S/C22H26N2O5/c1-16(2)29-20(14-25)24-21(26)19(13-17-9-5-3-6-10-17)23-22(27)28-15-18-11-7-4-8-12-18/h3-12,14,16,19-20H,13,15H2,1-2H3,(H,23,27)(H,24,26)/t19-,20?/m0/s1. The fraction of sp³-hybridized carbons (Fsp3) is 0.318. The number of benzene rings is 2. The number of rotatable bonds is 10. The van der Waals surface area contributed by atoms with Gasteiger partial charge >= 0.3 is 6.09 Å². The van der Waals surface area contributed by atoms with Gasteiger partial charge in [-0.1, -0.05) is 60.7 Å². The Hall–Kier alpha value is -3.19. The van der Waals surface area contributed by atoms with Gasteiger partial charge in [0.1, 0.15) is 12.6 Å². The largest absolute Gasteiger partial charge is 0.445 e. The molecule has 2 atom stereocenters. The molecule has 7 nitrogen and oxygen atoms in total. The first-order chi connectivity index (χ1) is 14.0. The van der Waals surface area contributed by atoms with Gasteiger partial charge in [-0.15, -0.1) is 0 Å². The Morgan fingerprint density at radius 1 is 0.931 bits per heavy atom. The third-order valence-electron chi connectivity index (χ3n) is 3.93. The summed E-state index contributed by atoms with van der Waals surface area (Å²) in [5.74, 6) is -0.539. The minimum atomic E-state index is -1.09. The predicted octanol–water partition coefficient (Wildman–Crippen LogP) is 2.59. The van der Waals surface area contributed by atoms with Gasteiger partial charge in [0, 0.05) is 6.42 Å². The number of ether oxygens (including phenoxy) is 2. The highest BCUT2D eigenvalue weighted by Gasteiger charge is 2.25. The van der Waals surface area contributed by atoms with Crippen LogP contribution in [0, 0.1) is 0 Å². The summed E-state index contributed by atoms with van der Waals surface area (Å²) in [6.07, 6.45) is -1.33. The number of nitrogens with one attached hydrogen (secondary N) is 2. The molecule has 0 radical (unpaired) electrons. The van der Waals surface area contributed by atoms with Crippen molar-refractivity contribution in [2.45, 2.75) is 45.2 Å². The molecule has 0 heterocycles. The van der Waals surface area contributed by atoms with Gasteiger partial charge in [0.15, 0.2) is 12.5 Å². The molecule has 7 heteroatoms. The molecule has 2 amide bonds. The lowest BCUT2D eigenvalue weighted by Gasteiger charge is -2.22. The van der Waals surface area contributed by atoms with Crippen LogP contribution in [-0.2, 0) is 32.1 Å². The van der Waals surface area contributed by atoms with Crippen molar-refractivity contribution in [1.82, 2.24) is 10.6 Å². The van der Waals surface area contributed by atoms with Crippen molar-refractivity contribution in [2.75, 3.05) is 0 Å². The van der Waals surface area contributed by atoms with Crippen molar-refractivity contribution in [3.05, 3.63) is 71.8 Å². The summed E-state index contributed by atoms with van der Waals surface area (Å²) in [6.45, 7) is 3.59. The Labute approximate surface area is 170 Å². The zero-order chi connectivity index (χ0) is 21.1. The molecule has 0 spiro atoms. The first-order valence-electron chi connectivity index (χ1n) is 9.40. The molecule has 154 valence electrons. The van der Waals surface area contributed by atoms with Crippen molar-refractivity contribution in [2.24, 2.45) is 0 Å². The molecular formula is C22H26N2O5. The quantitative estimate of drug-likeness (QED) is 0.474. The Morgan fingerprint density at radius 2 is 1.52 bits per heavy atom. The van der Waals surface area contributed by atoms with Crippen LogP contribution in [0.4, 0.5) is 4.79 Å². The van der Waals surface area contributed by atoms with Gasteiger partial charge in [-0.25, -0.2) is 4.79 Å². The molecule has 0 fully saturated rings. The van der Waals surface area contributed by atoms with E-state index in [-0.39, 0.29) is 19.1 Å². The second kappa shape index (κ2) is 11.6. The topological polar surface area (TPSA) is 93.7 Å². The normalized spacial score (nSPS) is 12.7. The van der Waals surface area contributed by atoms with Crippen LogP contribution < -0.4 is 10.6 Å².